The standard InChI is InChI=1S/C18H22N6O/c25-18(15-3-1-2-7-19-15)24-8-6-14(11-24)23-17-9-16(21-12-22-17)20-10-13-4-5-13/h1-3,7,9,12-14H,4-6,8,10-11H2,(H2,20,21,22,23). The summed E-state index contributed by atoms with van der Waals surface area (Å²) in [5, 5.41) is 6.77. The summed E-state index contributed by atoms with van der Waals surface area (Å²) in [5.74, 6) is 2.43. The highest BCUT2D eigenvalue weighted by atomic mass is 16.2. The van der Waals surface area contributed by atoms with Crippen molar-refractivity contribution < 1.29 is 4.79 Å². The fourth-order valence-corrected chi connectivity index (χ4v) is 3.03. The summed E-state index contributed by atoms with van der Waals surface area (Å²) in [5.41, 5.74) is 0.497. The molecule has 0 spiro atoms. The number of anilines is 2. The zero-order valence-corrected chi connectivity index (χ0v) is 14.1. The van der Waals surface area contributed by atoms with Crippen LogP contribution in [0, 0.1) is 5.92 Å². The molecule has 7 heteroatoms. The third kappa shape index (κ3) is 4.04. The molecule has 25 heavy (non-hydrogen) atoms. The van der Waals surface area contributed by atoms with Gasteiger partial charge in [0.1, 0.15) is 23.7 Å². The Kier molecular flexibility index (Phi) is 4.45. The second kappa shape index (κ2) is 7.04. The smallest absolute Gasteiger partial charge is 0.272 e. The van der Waals surface area contributed by atoms with Crippen LogP contribution < -0.4 is 10.6 Å². The molecule has 4 rings (SSSR count). The topological polar surface area (TPSA) is 83.0 Å². The third-order valence-corrected chi connectivity index (χ3v) is 4.65. The summed E-state index contributed by atoms with van der Waals surface area (Å²) >= 11 is 0. The predicted octanol–water partition coefficient (Wildman–Crippen LogP) is 2.02. The molecule has 7 nitrogen and oxygen atoms in total. The van der Waals surface area contributed by atoms with Crippen molar-refractivity contribution in [1.29, 1.82) is 0 Å². The van der Waals surface area contributed by atoms with Crippen molar-refractivity contribution >= 4 is 17.5 Å². The number of hydrogen-bond acceptors (Lipinski definition) is 6. The summed E-state index contributed by atoms with van der Waals surface area (Å²) in [6, 6.07) is 7.54. The highest BCUT2D eigenvalue weighted by Gasteiger charge is 2.27. The summed E-state index contributed by atoms with van der Waals surface area (Å²) in [4.78, 5) is 27.0. The lowest BCUT2D eigenvalue weighted by Gasteiger charge is -2.17. The molecule has 3 heterocycles. The van der Waals surface area contributed by atoms with E-state index < -0.39 is 0 Å². The van der Waals surface area contributed by atoms with E-state index >= 15 is 0 Å². The fraction of sp³-hybridized carbons (Fsp3) is 0.444. The number of nitrogens with one attached hydrogen (secondary N) is 2. The Balaban J connectivity index is 1.33. The number of nitrogens with zero attached hydrogens (tertiary/aromatic N) is 4. The maximum atomic E-state index is 12.5. The molecule has 1 saturated carbocycles. The van der Waals surface area contributed by atoms with Gasteiger partial charge in [-0.15, -0.1) is 0 Å². The van der Waals surface area contributed by atoms with Crippen LogP contribution in [0.2, 0.25) is 0 Å². The molecule has 2 aromatic heterocycles. The van der Waals surface area contributed by atoms with E-state index in [-0.39, 0.29) is 11.9 Å². The zero-order valence-electron chi connectivity index (χ0n) is 14.1. The number of carbonyl (C=O) groups is 1. The minimum absolute atomic E-state index is 0.0145. The molecular formula is C18H22N6O. The fourth-order valence-electron chi connectivity index (χ4n) is 3.03. The molecule has 130 valence electrons. The number of amides is 1. The minimum Gasteiger partial charge on any atom is -0.370 e. The normalized spacial score (nSPS) is 19.7. The van der Waals surface area contributed by atoms with Crippen molar-refractivity contribution in [2.45, 2.75) is 25.3 Å². The van der Waals surface area contributed by atoms with E-state index in [1.807, 2.05) is 23.1 Å². The van der Waals surface area contributed by atoms with Gasteiger partial charge in [-0.3, -0.25) is 9.78 Å². The Morgan fingerprint density at radius 3 is 2.84 bits per heavy atom. The second-order valence-electron chi connectivity index (χ2n) is 6.71. The summed E-state index contributed by atoms with van der Waals surface area (Å²) in [7, 11) is 0. The van der Waals surface area contributed by atoms with Crippen LogP contribution in [0.1, 0.15) is 29.8 Å². The van der Waals surface area contributed by atoms with Gasteiger partial charge in [-0.1, -0.05) is 6.07 Å². The van der Waals surface area contributed by atoms with Crippen LogP contribution in [-0.2, 0) is 0 Å². The summed E-state index contributed by atoms with van der Waals surface area (Å²) in [6.45, 7) is 2.36. The third-order valence-electron chi connectivity index (χ3n) is 4.65. The van der Waals surface area contributed by atoms with Gasteiger partial charge in [0.2, 0.25) is 0 Å². The first-order valence-electron chi connectivity index (χ1n) is 8.81. The van der Waals surface area contributed by atoms with Gasteiger partial charge in [0.25, 0.3) is 5.91 Å². The van der Waals surface area contributed by atoms with Crippen LogP contribution in [0.4, 0.5) is 11.6 Å². The molecule has 2 N–H and O–H groups in total. The van der Waals surface area contributed by atoms with Gasteiger partial charge in [-0.05, 0) is 37.3 Å². The monoisotopic (exact) mass is 338 g/mol. The molecule has 0 radical (unpaired) electrons. The molecule has 2 fully saturated rings. The molecule has 2 aromatic rings. The average Bonchev–Trinajstić information content (AvgIpc) is 3.38. The highest BCUT2D eigenvalue weighted by molar-refractivity contribution is 5.92. The van der Waals surface area contributed by atoms with E-state index in [0.29, 0.717) is 12.2 Å². The van der Waals surface area contributed by atoms with Crippen LogP contribution in [0.3, 0.4) is 0 Å². The van der Waals surface area contributed by atoms with Crippen molar-refractivity contribution in [1.82, 2.24) is 19.9 Å². The summed E-state index contributed by atoms with van der Waals surface area (Å²) in [6.07, 6.45) is 6.74. The van der Waals surface area contributed by atoms with Gasteiger partial charge in [-0.2, -0.15) is 0 Å². The molecule has 1 amide bonds. The molecule has 1 saturated heterocycles. The minimum atomic E-state index is -0.0145. The van der Waals surface area contributed by atoms with Gasteiger partial charge < -0.3 is 15.5 Å². The number of rotatable bonds is 6. The van der Waals surface area contributed by atoms with Crippen LogP contribution in [0.5, 0.6) is 0 Å². The first kappa shape index (κ1) is 15.8. The molecule has 2 aliphatic rings. The van der Waals surface area contributed by atoms with Gasteiger partial charge >= 0.3 is 0 Å². The molecule has 1 aliphatic heterocycles. The van der Waals surface area contributed by atoms with Crippen LogP contribution >= 0.6 is 0 Å². The second-order valence-corrected chi connectivity index (χ2v) is 6.71. The Morgan fingerprint density at radius 1 is 1.16 bits per heavy atom. The van der Waals surface area contributed by atoms with Crippen molar-refractivity contribution in [2.75, 3.05) is 30.3 Å². The largest absolute Gasteiger partial charge is 0.370 e. The predicted molar refractivity (Wildman–Crippen MR) is 95.4 cm³/mol. The first-order valence-corrected chi connectivity index (χ1v) is 8.81. The van der Waals surface area contributed by atoms with Crippen molar-refractivity contribution in [3.05, 3.63) is 42.5 Å². The summed E-state index contributed by atoms with van der Waals surface area (Å²) < 4.78 is 0. The van der Waals surface area contributed by atoms with Gasteiger partial charge in [0.15, 0.2) is 0 Å². The van der Waals surface area contributed by atoms with E-state index in [1.165, 1.54) is 12.8 Å². The Hall–Kier alpha value is -2.70. The van der Waals surface area contributed by atoms with Gasteiger partial charge in [-0.25, -0.2) is 9.97 Å². The van der Waals surface area contributed by atoms with E-state index in [9.17, 15) is 4.79 Å². The number of aromatic nitrogens is 3. The van der Waals surface area contributed by atoms with Crippen LogP contribution in [-0.4, -0.2) is 51.4 Å². The lowest BCUT2D eigenvalue weighted by atomic mass is 10.2. The van der Waals surface area contributed by atoms with E-state index in [2.05, 4.69) is 25.6 Å². The molecule has 1 unspecified atom stereocenters. The average molecular weight is 338 g/mol. The highest BCUT2D eigenvalue weighted by Crippen LogP contribution is 2.28. The maximum absolute atomic E-state index is 12.5. The number of pyridine rings is 1. The van der Waals surface area contributed by atoms with E-state index in [4.69, 9.17) is 0 Å². The molecule has 1 atom stereocenters. The van der Waals surface area contributed by atoms with Crippen LogP contribution in [0.25, 0.3) is 0 Å². The van der Waals surface area contributed by atoms with Crippen LogP contribution in [0.15, 0.2) is 36.8 Å². The number of hydrogen-bond donors (Lipinski definition) is 2. The SMILES string of the molecule is O=C(c1ccccn1)N1CCC(Nc2cc(NCC3CC3)ncn2)C1. The van der Waals surface area contributed by atoms with Gasteiger partial charge in [0, 0.05) is 37.9 Å². The van der Waals surface area contributed by atoms with Crippen molar-refractivity contribution in [3.8, 4) is 0 Å². The van der Waals surface area contributed by atoms with E-state index in [0.717, 1.165) is 37.1 Å². The Labute approximate surface area is 146 Å². The molecule has 1 aliphatic carbocycles. The lowest BCUT2D eigenvalue weighted by molar-refractivity contribution is 0.0786. The molecular weight excluding hydrogens is 316 g/mol. The zero-order chi connectivity index (χ0) is 17.1. The van der Waals surface area contributed by atoms with Crippen molar-refractivity contribution in [3.63, 3.8) is 0 Å². The first-order chi connectivity index (χ1) is 12.3. The molecule has 0 aromatic carbocycles. The Morgan fingerprint density at radius 2 is 2.04 bits per heavy atom. The Bertz CT molecular complexity index is 733. The lowest BCUT2D eigenvalue weighted by Crippen LogP contribution is -2.32. The van der Waals surface area contributed by atoms with Gasteiger partial charge in [0.05, 0.1) is 0 Å². The maximum Gasteiger partial charge on any atom is 0.272 e. The number of likely N-dealkylation sites (tertiary alicyclic amines) is 1. The number of carbonyl (C=O) groups excluding carboxylic acids is 1. The molecule has 0 bridgehead atoms. The van der Waals surface area contributed by atoms with Crippen molar-refractivity contribution in [2.24, 2.45) is 5.92 Å². The quantitative estimate of drug-likeness (QED) is 0.838. The van der Waals surface area contributed by atoms with E-state index in [1.54, 1.807) is 18.6 Å².